The molecule has 8 nitrogen and oxygen atoms in total. The number of hydrogen-bond donors (Lipinski definition) is 3. The van der Waals surface area contributed by atoms with Gasteiger partial charge < -0.3 is 10.5 Å². The Balaban J connectivity index is 2.55. The van der Waals surface area contributed by atoms with Gasteiger partial charge in [-0.3, -0.25) is 5.84 Å². The monoisotopic (exact) mass is 335 g/mol. The molecule has 2 rings (SSSR count). The third-order valence-electron chi connectivity index (χ3n) is 3.28. The number of nitrogen functional groups attached to an aromatic ring is 1. The van der Waals surface area contributed by atoms with E-state index in [0.29, 0.717) is 6.42 Å². The van der Waals surface area contributed by atoms with Gasteiger partial charge in [-0.2, -0.15) is 4.31 Å². The topological polar surface area (TPSA) is 130 Å². The summed E-state index contributed by atoms with van der Waals surface area (Å²) in [4.78, 5) is -0.332. The van der Waals surface area contributed by atoms with Crippen LogP contribution in [0.3, 0.4) is 0 Å². The predicted molar refractivity (Wildman–Crippen MR) is 76.7 cm³/mol. The van der Waals surface area contributed by atoms with Gasteiger partial charge in [0.25, 0.3) is 0 Å². The van der Waals surface area contributed by atoms with Crippen molar-refractivity contribution in [3.8, 4) is 0 Å². The lowest BCUT2D eigenvalue weighted by Gasteiger charge is -2.18. The van der Waals surface area contributed by atoms with Gasteiger partial charge in [-0.25, -0.2) is 16.8 Å². The molecule has 1 fully saturated rings. The Hall–Kier alpha value is -1.20. The number of aliphatic hydroxyl groups is 1. The molecule has 0 saturated carbocycles. The molecule has 0 aromatic heterocycles. The Morgan fingerprint density at radius 3 is 2.48 bits per heavy atom. The highest BCUT2D eigenvalue weighted by Crippen LogP contribution is 2.29. The summed E-state index contributed by atoms with van der Waals surface area (Å²) in [6.45, 7) is 0.159. The normalized spacial score (nSPS) is 20.6. The van der Waals surface area contributed by atoms with E-state index < -0.39 is 26.0 Å². The van der Waals surface area contributed by atoms with Gasteiger partial charge in [0.1, 0.15) is 4.90 Å². The second-order valence-electron chi connectivity index (χ2n) is 4.88. The molecular formula is C11H17N3O5S2. The molecule has 0 spiro atoms. The van der Waals surface area contributed by atoms with Gasteiger partial charge >= 0.3 is 0 Å². The summed E-state index contributed by atoms with van der Waals surface area (Å²) < 4.78 is 49.4. The van der Waals surface area contributed by atoms with Crippen LogP contribution in [0.5, 0.6) is 0 Å². The number of aliphatic hydroxyl groups excluding tert-OH is 1. The highest BCUT2D eigenvalue weighted by atomic mass is 32.2. The van der Waals surface area contributed by atoms with Crippen LogP contribution in [-0.4, -0.2) is 51.7 Å². The summed E-state index contributed by atoms with van der Waals surface area (Å²) in [6.07, 6.45) is 0.622. The summed E-state index contributed by atoms with van der Waals surface area (Å²) in [5.74, 6) is 5.30. The number of rotatable bonds is 4. The second-order valence-corrected chi connectivity index (χ2v) is 8.80. The fourth-order valence-corrected chi connectivity index (χ4v) is 4.53. The van der Waals surface area contributed by atoms with Gasteiger partial charge in [-0.15, -0.1) is 0 Å². The molecule has 4 N–H and O–H groups in total. The van der Waals surface area contributed by atoms with Crippen LogP contribution in [0.2, 0.25) is 0 Å². The first-order valence-corrected chi connectivity index (χ1v) is 9.48. The quantitative estimate of drug-likeness (QED) is 0.482. The molecule has 21 heavy (non-hydrogen) atoms. The molecule has 0 aliphatic carbocycles. The van der Waals surface area contributed by atoms with Crippen molar-refractivity contribution in [1.82, 2.24) is 4.31 Å². The Kier molecular flexibility index (Phi) is 4.26. The average molecular weight is 335 g/mol. The van der Waals surface area contributed by atoms with Gasteiger partial charge in [0.05, 0.1) is 16.7 Å². The number of β-amino-alcohol motifs (C(OH)–C–C–N with tert-alkyl or cyclic N) is 1. The fourth-order valence-electron chi connectivity index (χ4n) is 2.13. The molecule has 1 atom stereocenters. The molecule has 1 aliphatic rings. The molecule has 1 saturated heterocycles. The maximum absolute atomic E-state index is 12.6. The highest BCUT2D eigenvalue weighted by molar-refractivity contribution is 7.91. The highest BCUT2D eigenvalue weighted by Gasteiger charge is 2.33. The van der Waals surface area contributed by atoms with E-state index >= 15 is 0 Å². The molecule has 1 aliphatic heterocycles. The fraction of sp³-hybridized carbons (Fsp3) is 0.455. The Labute approximate surface area is 123 Å². The van der Waals surface area contributed by atoms with Gasteiger partial charge in [-0.05, 0) is 24.6 Å². The number of nitrogens with one attached hydrogen (secondary N) is 1. The summed E-state index contributed by atoms with van der Waals surface area (Å²) >= 11 is 0. The van der Waals surface area contributed by atoms with E-state index in [-0.39, 0.29) is 28.6 Å². The van der Waals surface area contributed by atoms with E-state index in [4.69, 9.17) is 5.84 Å². The van der Waals surface area contributed by atoms with Crippen LogP contribution in [0, 0.1) is 0 Å². The van der Waals surface area contributed by atoms with E-state index in [1.165, 1.54) is 12.1 Å². The van der Waals surface area contributed by atoms with Crippen LogP contribution < -0.4 is 11.3 Å². The van der Waals surface area contributed by atoms with Crippen molar-refractivity contribution in [3.05, 3.63) is 18.2 Å². The molecule has 1 unspecified atom stereocenters. The maximum atomic E-state index is 12.6. The van der Waals surface area contributed by atoms with E-state index in [9.17, 15) is 21.9 Å². The SMILES string of the molecule is CS(=O)(=O)c1ccc(NN)c(S(=O)(=O)N2CCC(O)C2)c1. The number of sulfonamides is 1. The molecule has 0 amide bonds. The third kappa shape index (κ3) is 3.19. The van der Waals surface area contributed by atoms with Crippen LogP contribution in [0.25, 0.3) is 0 Å². The Bertz CT molecular complexity index is 745. The van der Waals surface area contributed by atoms with Gasteiger partial charge in [0.15, 0.2) is 9.84 Å². The predicted octanol–water partition coefficient (Wildman–Crippen LogP) is -0.869. The molecule has 0 bridgehead atoms. The standard InChI is InChI=1S/C11H17N3O5S2/c1-20(16,17)9-2-3-10(13-12)11(6-9)21(18,19)14-5-4-8(15)7-14/h2-3,6,8,13,15H,4-5,7,12H2,1H3. The largest absolute Gasteiger partial charge is 0.392 e. The Morgan fingerprint density at radius 1 is 1.33 bits per heavy atom. The number of anilines is 1. The van der Waals surface area contributed by atoms with Crippen molar-refractivity contribution in [2.24, 2.45) is 5.84 Å². The summed E-state index contributed by atoms with van der Waals surface area (Å²) in [5, 5.41) is 9.48. The van der Waals surface area contributed by atoms with Crippen molar-refractivity contribution in [3.63, 3.8) is 0 Å². The molecule has 1 aromatic carbocycles. The van der Waals surface area contributed by atoms with E-state index in [1.807, 2.05) is 0 Å². The summed E-state index contributed by atoms with van der Waals surface area (Å²) in [5.41, 5.74) is 2.35. The van der Waals surface area contributed by atoms with Crippen molar-refractivity contribution >= 4 is 25.5 Å². The first-order valence-electron chi connectivity index (χ1n) is 6.15. The lowest BCUT2D eigenvalue weighted by atomic mass is 10.3. The van der Waals surface area contributed by atoms with E-state index in [2.05, 4.69) is 5.43 Å². The van der Waals surface area contributed by atoms with E-state index in [1.54, 1.807) is 0 Å². The molecular weight excluding hydrogens is 318 g/mol. The van der Waals surface area contributed by atoms with E-state index in [0.717, 1.165) is 16.6 Å². The average Bonchev–Trinajstić information content (AvgIpc) is 2.84. The van der Waals surface area contributed by atoms with Crippen LogP contribution >= 0.6 is 0 Å². The Morgan fingerprint density at radius 2 is 2.00 bits per heavy atom. The van der Waals surface area contributed by atoms with Crippen molar-refractivity contribution in [2.75, 3.05) is 24.8 Å². The smallest absolute Gasteiger partial charge is 0.245 e. The lowest BCUT2D eigenvalue weighted by Crippen LogP contribution is -2.30. The summed E-state index contributed by atoms with van der Waals surface area (Å²) in [7, 11) is -7.48. The molecule has 10 heteroatoms. The van der Waals surface area contributed by atoms with Crippen molar-refractivity contribution in [2.45, 2.75) is 22.3 Å². The number of hydrazine groups is 1. The lowest BCUT2D eigenvalue weighted by molar-refractivity contribution is 0.189. The molecule has 118 valence electrons. The molecule has 1 heterocycles. The second kappa shape index (κ2) is 5.54. The van der Waals surface area contributed by atoms with Gasteiger partial charge in [0.2, 0.25) is 10.0 Å². The number of hydrogen-bond acceptors (Lipinski definition) is 7. The zero-order valence-electron chi connectivity index (χ0n) is 11.4. The number of nitrogens with zero attached hydrogens (tertiary/aromatic N) is 1. The molecule has 0 radical (unpaired) electrons. The number of nitrogens with two attached hydrogens (primary N) is 1. The summed E-state index contributed by atoms with van der Waals surface area (Å²) in [6, 6.07) is 3.66. The zero-order valence-corrected chi connectivity index (χ0v) is 13.0. The number of sulfone groups is 1. The van der Waals surface area contributed by atoms with Crippen molar-refractivity contribution < 1.29 is 21.9 Å². The van der Waals surface area contributed by atoms with Gasteiger partial charge in [0, 0.05) is 19.3 Å². The zero-order chi connectivity index (χ0) is 15.8. The maximum Gasteiger partial charge on any atom is 0.245 e. The first kappa shape index (κ1) is 16.2. The van der Waals surface area contributed by atoms with Crippen LogP contribution in [-0.2, 0) is 19.9 Å². The first-order chi connectivity index (χ1) is 9.66. The minimum absolute atomic E-state index is 0.0184. The minimum Gasteiger partial charge on any atom is -0.392 e. The van der Waals surface area contributed by atoms with Crippen LogP contribution in [0.15, 0.2) is 28.0 Å². The van der Waals surface area contributed by atoms with Crippen LogP contribution in [0.4, 0.5) is 5.69 Å². The van der Waals surface area contributed by atoms with Gasteiger partial charge in [-0.1, -0.05) is 0 Å². The minimum atomic E-state index is -3.93. The molecule has 1 aromatic rings. The number of benzene rings is 1. The third-order valence-corrected chi connectivity index (χ3v) is 6.30. The van der Waals surface area contributed by atoms with Crippen molar-refractivity contribution in [1.29, 1.82) is 0 Å². The van der Waals surface area contributed by atoms with Crippen LogP contribution in [0.1, 0.15) is 6.42 Å².